The second-order valence-electron chi connectivity index (χ2n) is 6.74. The van der Waals surface area contributed by atoms with E-state index in [1.807, 2.05) is 68.4 Å². The molecule has 1 N–H and O–H groups in total. The molecule has 0 radical (unpaired) electrons. The smallest absolute Gasteiger partial charge is 0.242 e. The van der Waals surface area contributed by atoms with Crippen LogP contribution in [0.3, 0.4) is 0 Å². The van der Waals surface area contributed by atoms with Crippen LogP contribution in [0, 0.1) is 0 Å². The SMILES string of the molecule is CCCNC(=O)[C@@H](CC)N(Cc1ccccc1Cl)C(=O)CCSc1ccccc1. The fourth-order valence-corrected chi connectivity index (χ4v) is 4.07. The van der Waals surface area contributed by atoms with E-state index in [9.17, 15) is 9.59 Å². The lowest BCUT2D eigenvalue weighted by Crippen LogP contribution is -2.49. The number of halogens is 1. The maximum absolute atomic E-state index is 13.1. The second kappa shape index (κ2) is 12.6. The molecular weight excluding hydrogens is 404 g/mol. The van der Waals surface area contributed by atoms with Crippen molar-refractivity contribution in [3.05, 3.63) is 65.2 Å². The third-order valence-electron chi connectivity index (χ3n) is 4.56. The summed E-state index contributed by atoms with van der Waals surface area (Å²) < 4.78 is 0. The summed E-state index contributed by atoms with van der Waals surface area (Å²) in [6, 6.07) is 17.0. The lowest BCUT2D eigenvalue weighted by atomic mass is 10.1. The van der Waals surface area contributed by atoms with Gasteiger partial charge in [0.25, 0.3) is 0 Å². The van der Waals surface area contributed by atoms with Gasteiger partial charge in [0.05, 0.1) is 0 Å². The minimum absolute atomic E-state index is 0.0353. The molecule has 0 fully saturated rings. The molecule has 0 saturated heterocycles. The van der Waals surface area contributed by atoms with Gasteiger partial charge in [-0.1, -0.05) is 61.8 Å². The molecule has 0 aliphatic heterocycles. The molecule has 2 amide bonds. The van der Waals surface area contributed by atoms with Crippen LogP contribution in [0.25, 0.3) is 0 Å². The predicted molar refractivity (Wildman–Crippen MR) is 121 cm³/mol. The van der Waals surface area contributed by atoms with Gasteiger partial charge in [-0.15, -0.1) is 11.8 Å². The molecule has 4 nitrogen and oxygen atoms in total. The molecule has 2 aromatic carbocycles. The van der Waals surface area contributed by atoms with E-state index < -0.39 is 6.04 Å². The summed E-state index contributed by atoms with van der Waals surface area (Å²) in [4.78, 5) is 28.6. The fraction of sp³-hybridized carbons (Fsp3) is 0.391. The quantitative estimate of drug-likeness (QED) is 0.499. The Balaban J connectivity index is 2.12. The van der Waals surface area contributed by atoms with E-state index in [0.717, 1.165) is 16.9 Å². The van der Waals surface area contributed by atoms with E-state index in [2.05, 4.69) is 5.32 Å². The van der Waals surface area contributed by atoms with Gasteiger partial charge in [-0.3, -0.25) is 9.59 Å². The Morgan fingerprint density at radius 1 is 1.07 bits per heavy atom. The highest BCUT2D eigenvalue weighted by atomic mass is 35.5. The zero-order chi connectivity index (χ0) is 21.1. The van der Waals surface area contributed by atoms with Gasteiger partial charge >= 0.3 is 0 Å². The number of carbonyl (C=O) groups excluding carboxylic acids is 2. The second-order valence-corrected chi connectivity index (χ2v) is 8.32. The number of nitrogens with zero attached hydrogens (tertiary/aromatic N) is 1. The van der Waals surface area contributed by atoms with Crippen LogP contribution in [0.1, 0.15) is 38.7 Å². The molecule has 156 valence electrons. The molecule has 6 heteroatoms. The van der Waals surface area contributed by atoms with Crippen LogP contribution < -0.4 is 5.32 Å². The van der Waals surface area contributed by atoms with Crippen LogP contribution in [0.5, 0.6) is 0 Å². The summed E-state index contributed by atoms with van der Waals surface area (Å²) in [6.07, 6.45) is 1.77. The summed E-state index contributed by atoms with van der Waals surface area (Å²) in [5, 5.41) is 3.53. The standard InChI is InChI=1S/C23H29ClN2O2S/c1-3-15-25-23(28)21(4-2)26(17-18-10-8-9-13-20(18)24)22(27)14-16-29-19-11-6-5-7-12-19/h5-13,21H,3-4,14-17H2,1-2H3,(H,25,28)/t21-/m1/s1. The maximum atomic E-state index is 13.1. The first-order chi connectivity index (χ1) is 14.1. The molecule has 0 aliphatic rings. The summed E-state index contributed by atoms with van der Waals surface area (Å²) >= 11 is 7.97. The van der Waals surface area contributed by atoms with E-state index >= 15 is 0 Å². The van der Waals surface area contributed by atoms with Gasteiger partial charge in [-0.05, 0) is 36.6 Å². The van der Waals surface area contributed by atoms with Crippen molar-refractivity contribution >= 4 is 35.2 Å². The van der Waals surface area contributed by atoms with Crippen LogP contribution in [-0.2, 0) is 16.1 Å². The summed E-state index contributed by atoms with van der Waals surface area (Å²) in [7, 11) is 0. The third-order valence-corrected chi connectivity index (χ3v) is 5.94. The summed E-state index contributed by atoms with van der Waals surface area (Å²) in [6.45, 7) is 4.87. The monoisotopic (exact) mass is 432 g/mol. The van der Waals surface area contributed by atoms with Gasteiger partial charge < -0.3 is 10.2 Å². The van der Waals surface area contributed by atoms with Gasteiger partial charge in [0.2, 0.25) is 11.8 Å². The molecule has 2 aromatic rings. The van der Waals surface area contributed by atoms with Crippen molar-refractivity contribution < 1.29 is 9.59 Å². The predicted octanol–water partition coefficient (Wildman–Crippen LogP) is 5.16. The Kier molecular flexibility index (Phi) is 10.1. The molecule has 2 rings (SSSR count). The molecule has 0 aliphatic carbocycles. The largest absolute Gasteiger partial charge is 0.354 e. The van der Waals surface area contributed by atoms with E-state index in [1.54, 1.807) is 16.7 Å². The lowest BCUT2D eigenvalue weighted by Gasteiger charge is -2.31. The van der Waals surface area contributed by atoms with Gasteiger partial charge in [0, 0.05) is 35.2 Å². The third kappa shape index (κ3) is 7.41. The first-order valence-electron chi connectivity index (χ1n) is 10.0. The number of amides is 2. The zero-order valence-corrected chi connectivity index (χ0v) is 18.6. The number of benzene rings is 2. The molecule has 1 atom stereocenters. The number of nitrogens with one attached hydrogen (secondary N) is 1. The topological polar surface area (TPSA) is 49.4 Å². The van der Waals surface area contributed by atoms with E-state index in [4.69, 9.17) is 11.6 Å². The lowest BCUT2D eigenvalue weighted by molar-refractivity contribution is -0.141. The van der Waals surface area contributed by atoms with Gasteiger partial charge in [0.1, 0.15) is 6.04 Å². The Hall–Kier alpha value is -1.98. The van der Waals surface area contributed by atoms with Crippen LogP contribution >= 0.6 is 23.4 Å². The van der Waals surface area contributed by atoms with Gasteiger partial charge in [-0.2, -0.15) is 0 Å². The highest BCUT2D eigenvalue weighted by molar-refractivity contribution is 7.99. The van der Waals surface area contributed by atoms with Crippen molar-refractivity contribution in [1.29, 1.82) is 0 Å². The summed E-state index contributed by atoms with van der Waals surface area (Å²) in [5.74, 6) is 0.520. The molecule has 0 saturated carbocycles. The van der Waals surface area contributed by atoms with Gasteiger partial charge in [0.15, 0.2) is 0 Å². The fourth-order valence-electron chi connectivity index (χ4n) is 3.01. The number of carbonyl (C=O) groups is 2. The van der Waals surface area contributed by atoms with E-state index in [-0.39, 0.29) is 11.8 Å². The van der Waals surface area contributed by atoms with Crippen molar-refractivity contribution in [2.75, 3.05) is 12.3 Å². The van der Waals surface area contributed by atoms with Crippen LogP contribution in [0.4, 0.5) is 0 Å². The van der Waals surface area contributed by atoms with Crippen molar-refractivity contribution in [3.63, 3.8) is 0 Å². The average Bonchev–Trinajstić information content (AvgIpc) is 2.74. The van der Waals surface area contributed by atoms with Crippen molar-refractivity contribution in [3.8, 4) is 0 Å². The average molecular weight is 433 g/mol. The zero-order valence-electron chi connectivity index (χ0n) is 17.1. The number of thioether (sulfide) groups is 1. The Morgan fingerprint density at radius 2 is 1.76 bits per heavy atom. The van der Waals surface area contributed by atoms with E-state index in [0.29, 0.717) is 36.7 Å². The minimum Gasteiger partial charge on any atom is -0.354 e. The Morgan fingerprint density at radius 3 is 2.41 bits per heavy atom. The molecule has 0 heterocycles. The highest BCUT2D eigenvalue weighted by Crippen LogP contribution is 2.22. The van der Waals surface area contributed by atoms with Crippen molar-refractivity contribution in [1.82, 2.24) is 10.2 Å². The molecule has 0 spiro atoms. The summed E-state index contributed by atoms with van der Waals surface area (Å²) in [5.41, 5.74) is 0.847. The van der Waals surface area contributed by atoms with Crippen molar-refractivity contribution in [2.24, 2.45) is 0 Å². The molecule has 0 unspecified atom stereocenters. The van der Waals surface area contributed by atoms with Gasteiger partial charge in [-0.25, -0.2) is 0 Å². The first kappa shape index (κ1) is 23.3. The van der Waals surface area contributed by atoms with Crippen LogP contribution in [-0.4, -0.2) is 35.1 Å². The molecule has 0 aromatic heterocycles. The minimum atomic E-state index is -0.507. The molecule has 29 heavy (non-hydrogen) atoms. The maximum Gasteiger partial charge on any atom is 0.242 e. The molecule has 0 bridgehead atoms. The van der Waals surface area contributed by atoms with Crippen molar-refractivity contribution in [2.45, 2.75) is 50.6 Å². The number of hydrogen-bond acceptors (Lipinski definition) is 3. The Bertz CT molecular complexity index is 785. The Labute approximate surface area is 183 Å². The first-order valence-corrected chi connectivity index (χ1v) is 11.4. The van der Waals surface area contributed by atoms with E-state index in [1.165, 1.54) is 0 Å². The number of rotatable bonds is 11. The van der Waals surface area contributed by atoms with Crippen LogP contribution in [0.15, 0.2) is 59.5 Å². The normalized spacial score (nSPS) is 11.7. The number of hydrogen-bond donors (Lipinski definition) is 1. The van der Waals surface area contributed by atoms with Crippen LogP contribution in [0.2, 0.25) is 5.02 Å². The highest BCUT2D eigenvalue weighted by Gasteiger charge is 2.28. The molecular formula is C23H29ClN2O2S.